The fourth-order valence-electron chi connectivity index (χ4n) is 9.60. The quantitative estimate of drug-likeness (QED) is 0.0517. The third-order valence-corrected chi connectivity index (χ3v) is 12.5. The Labute approximate surface area is 334 Å². The maximum absolute atomic E-state index is 12.0. The van der Waals surface area contributed by atoms with Gasteiger partial charge < -0.3 is 41.0 Å². The van der Waals surface area contributed by atoms with E-state index in [1.807, 2.05) is 24.3 Å². The number of aliphatic hydroxyl groups is 1. The molecule has 1 saturated carbocycles. The van der Waals surface area contributed by atoms with Crippen LogP contribution in [0.4, 0.5) is 0 Å². The first kappa shape index (κ1) is 41.5. The lowest BCUT2D eigenvalue weighted by Gasteiger charge is -2.38. The SMILES string of the molecule is CCCCC[C@H](C)CCC[C@H]1Cc2cc(O)c(CC(C)C)cc2-c2c(OC)cc3c(c21)C[C@@H](O)[C@H](c1ccc(O)c(O[C@H]2CCCC[C@@H]2CCN=C(N)N)c1)O3. The van der Waals surface area contributed by atoms with E-state index in [1.165, 1.54) is 37.7 Å². The molecule has 6 atom stereocenters. The molecule has 306 valence electrons. The molecule has 7 N–H and O–H groups in total. The molecule has 0 amide bonds. The minimum atomic E-state index is -0.823. The normalized spacial score (nSPS) is 22.0. The van der Waals surface area contributed by atoms with E-state index < -0.39 is 12.2 Å². The number of guanidine groups is 1. The van der Waals surface area contributed by atoms with E-state index in [-0.39, 0.29) is 29.6 Å². The molecule has 1 heterocycles. The molecular weight excluding hydrogens is 703 g/mol. The number of hydrogen-bond acceptors (Lipinski definition) is 7. The summed E-state index contributed by atoms with van der Waals surface area (Å²) < 4.78 is 19.5. The molecule has 1 fully saturated rings. The summed E-state index contributed by atoms with van der Waals surface area (Å²) in [7, 11) is 1.72. The molecule has 56 heavy (non-hydrogen) atoms. The number of hydrogen-bond donors (Lipinski definition) is 5. The molecule has 0 radical (unpaired) electrons. The second-order valence-electron chi connectivity index (χ2n) is 17.3. The van der Waals surface area contributed by atoms with Crippen molar-refractivity contribution in [2.75, 3.05) is 13.7 Å². The Bertz CT molecular complexity index is 1820. The number of nitrogens with zero attached hydrogens (tertiary/aromatic N) is 1. The zero-order valence-electron chi connectivity index (χ0n) is 34.5. The van der Waals surface area contributed by atoms with Gasteiger partial charge in [-0.25, -0.2) is 0 Å². The first-order valence-corrected chi connectivity index (χ1v) is 21.5. The number of benzene rings is 3. The van der Waals surface area contributed by atoms with Crippen molar-refractivity contribution in [3.05, 3.63) is 64.2 Å². The lowest BCUT2D eigenvalue weighted by Crippen LogP contribution is -2.33. The van der Waals surface area contributed by atoms with Crippen molar-refractivity contribution in [3.63, 3.8) is 0 Å². The van der Waals surface area contributed by atoms with Gasteiger partial charge in [-0.1, -0.05) is 78.7 Å². The van der Waals surface area contributed by atoms with Crippen molar-refractivity contribution in [3.8, 4) is 39.9 Å². The van der Waals surface area contributed by atoms with E-state index in [2.05, 4.69) is 38.8 Å². The van der Waals surface area contributed by atoms with Gasteiger partial charge in [-0.2, -0.15) is 0 Å². The summed E-state index contributed by atoms with van der Waals surface area (Å²) in [6.45, 7) is 9.52. The molecule has 0 saturated heterocycles. The fraction of sp³-hybridized carbons (Fsp3) is 0.596. The van der Waals surface area contributed by atoms with Crippen LogP contribution in [0.5, 0.6) is 28.7 Å². The predicted octanol–water partition coefficient (Wildman–Crippen LogP) is 9.64. The Hall–Kier alpha value is -4.11. The number of unbranched alkanes of at least 4 members (excludes halogenated alkanes) is 2. The molecule has 9 heteroatoms. The van der Waals surface area contributed by atoms with Crippen LogP contribution in [0.1, 0.15) is 145 Å². The average Bonchev–Trinajstić information content (AvgIpc) is 3.16. The number of phenols is 2. The van der Waals surface area contributed by atoms with Crippen LogP contribution in [0, 0.1) is 17.8 Å². The van der Waals surface area contributed by atoms with E-state index in [0.717, 1.165) is 103 Å². The van der Waals surface area contributed by atoms with Gasteiger partial charge >= 0.3 is 0 Å². The Kier molecular flexibility index (Phi) is 14.0. The molecule has 3 aliphatic rings. The first-order valence-electron chi connectivity index (χ1n) is 21.5. The first-order chi connectivity index (χ1) is 27.0. The summed E-state index contributed by atoms with van der Waals surface area (Å²) in [5, 5.41) is 34.1. The van der Waals surface area contributed by atoms with Crippen LogP contribution in [0.3, 0.4) is 0 Å². The van der Waals surface area contributed by atoms with Crippen LogP contribution >= 0.6 is 0 Å². The molecule has 9 nitrogen and oxygen atoms in total. The molecule has 0 bridgehead atoms. The maximum atomic E-state index is 12.0. The number of rotatable bonds is 17. The largest absolute Gasteiger partial charge is 0.508 e. The van der Waals surface area contributed by atoms with Gasteiger partial charge in [0.25, 0.3) is 0 Å². The predicted molar refractivity (Wildman–Crippen MR) is 225 cm³/mol. The van der Waals surface area contributed by atoms with Gasteiger partial charge in [-0.05, 0) is 121 Å². The lowest BCUT2D eigenvalue weighted by molar-refractivity contribution is 0.0198. The van der Waals surface area contributed by atoms with Crippen LogP contribution in [0.15, 0.2) is 41.4 Å². The Morgan fingerprint density at radius 3 is 2.46 bits per heavy atom. The molecule has 0 unspecified atom stereocenters. The monoisotopic (exact) mass is 770 g/mol. The van der Waals surface area contributed by atoms with Crippen LogP contribution < -0.4 is 25.7 Å². The highest BCUT2D eigenvalue weighted by atomic mass is 16.5. The Morgan fingerprint density at radius 1 is 0.929 bits per heavy atom. The van der Waals surface area contributed by atoms with Crippen LogP contribution in [-0.2, 0) is 19.3 Å². The highest BCUT2D eigenvalue weighted by molar-refractivity contribution is 5.83. The van der Waals surface area contributed by atoms with Crippen molar-refractivity contribution in [1.82, 2.24) is 0 Å². The fourth-order valence-corrected chi connectivity index (χ4v) is 9.60. The van der Waals surface area contributed by atoms with Gasteiger partial charge in [0.2, 0.25) is 0 Å². The third-order valence-electron chi connectivity index (χ3n) is 12.5. The number of fused-ring (bicyclic) bond motifs is 5. The molecule has 0 spiro atoms. The van der Waals surface area contributed by atoms with Crippen LogP contribution in [0.25, 0.3) is 11.1 Å². The van der Waals surface area contributed by atoms with E-state index in [9.17, 15) is 15.3 Å². The van der Waals surface area contributed by atoms with E-state index in [1.54, 1.807) is 13.2 Å². The third kappa shape index (κ3) is 9.70. The van der Waals surface area contributed by atoms with Crippen molar-refractivity contribution in [2.24, 2.45) is 34.2 Å². The highest BCUT2D eigenvalue weighted by Gasteiger charge is 2.39. The van der Waals surface area contributed by atoms with Gasteiger partial charge in [0.1, 0.15) is 29.5 Å². The van der Waals surface area contributed by atoms with Crippen molar-refractivity contribution >= 4 is 5.96 Å². The van der Waals surface area contributed by atoms with E-state index in [4.69, 9.17) is 25.7 Å². The van der Waals surface area contributed by atoms with E-state index >= 15 is 0 Å². The molecule has 0 aromatic heterocycles. The molecule has 6 rings (SSSR count). The molecule has 1 aliphatic heterocycles. The topological polar surface area (TPSA) is 153 Å². The Balaban J connectivity index is 1.32. The number of nitrogens with two attached hydrogens (primary N) is 2. The zero-order chi connectivity index (χ0) is 39.9. The summed E-state index contributed by atoms with van der Waals surface area (Å²) >= 11 is 0. The Morgan fingerprint density at radius 2 is 1.71 bits per heavy atom. The molecule has 3 aromatic rings. The van der Waals surface area contributed by atoms with Crippen molar-refractivity contribution < 1.29 is 29.5 Å². The molecule has 2 aliphatic carbocycles. The smallest absolute Gasteiger partial charge is 0.185 e. The second kappa shape index (κ2) is 18.9. The van der Waals surface area contributed by atoms with Gasteiger partial charge in [0, 0.05) is 30.2 Å². The number of methoxy groups -OCH3 is 1. The molecule has 3 aromatic carbocycles. The van der Waals surface area contributed by atoms with Gasteiger partial charge in [0.15, 0.2) is 17.5 Å². The van der Waals surface area contributed by atoms with Gasteiger partial charge in [0.05, 0.1) is 13.2 Å². The van der Waals surface area contributed by atoms with Crippen LogP contribution in [0.2, 0.25) is 0 Å². The highest BCUT2D eigenvalue weighted by Crippen LogP contribution is 2.54. The summed E-state index contributed by atoms with van der Waals surface area (Å²) in [6.07, 6.45) is 13.7. The van der Waals surface area contributed by atoms with Crippen molar-refractivity contribution in [1.29, 1.82) is 0 Å². The van der Waals surface area contributed by atoms with Gasteiger partial charge in [-0.3, -0.25) is 4.99 Å². The van der Waals surface area contributed by atoms with Crippen molar-refractivity contribution in [2.45, 2.75) is 148 Å². The number of aliphatic hydroxyl groups excluding tert-OH is 1. The number of aromatic hydroxyl groups is 2. The van der Waals surface area contributed by atoms with Gasteiger partial charge in [-0.15, -0.1) is 0 Å². The summed E-state index contributed by atoms with van der Waals surface area (Å²) in [6, 6.07) is 11.4. The average molecular weight is 770 g/mol. The summed E-state index contributed by atoms with van der Waals surface area (Å²) in [5.41, 5.74) is 18.4. The van der Waals surface area contributed by atoms with Crippen LogP contribution in [-0.4, -0.2) is 47.1 Å². The van der Waals surface area contributed by atoms with E-state index in [0.29, 0.717) is 36.3 Å². The number of phenolic OH excluding ortho intramolecular Hbond substituents is 2. The minimum Gasteiger partial charge on any atom is -0.508 e. The molecular formula is C47H67N3O6. The maximum Gasteiger partial charge on any atom is 0.185 e. The zero-order valence-corrected chi connectivity index (χ0v) is 34.5. The lowest BCUT2D eigenvalue weighted by atomic mass is 9.72. The number of ether oxygens (including phenoxy) is 3. The summed E-state index contributed by atoms with van der Waals surface area (Å²) in [4.78, 5) is 4.19. The summed E-state index contributed by atoms with van der Waals surface area (Å²) in [5.74, 6) is 3.91. The standard InChI is InChI=1S/C47H67N3O6/c1-6-7-8-12-29(4)13-11-15-31-22-33-24-38(52)34(21-28(2)3)23-35(33)45-43(54-5)27-41-36(44(31)45)26-39(53)46(56-41)32-17-18-37(51)42(25-32)55-40-16-10-9-14-30(40)19-20-50-47(48)49/h17-18,23-25,27-31,39-40,46,51-53H,6-16,19-22,26H2,1-5H3,(H4,48,49,50)/t29-,30+,31-,39+,40-,46-/m0/s1. The minimum absolute atomic E-state index is 0.0628. The number of aliphatic imine (C=N–C) groups is 1. The second-order valence-corrected chi connectivity index (χ2v) is 17.3.